The summed E-state index contributed by atoms with van der Waals surface area (Å²) in [6.07, 6.45) is 16.1. The fourth-order valence-electron chi connectivity index (χ4n) is 3.87. The SMILES string of the molecule is CCCCCCCCCCCCNC(=O)c1ccc(CN(Cc2cccnc2)OCC(=O)O)cc1. The van der Waals surface area contributed by atoms with Gasteiger partial charge < -0.3 is 10.4 Å². The number of carboxylic acids is 1. The summed E-state index contributed by atoms with van der Waals surface area (Å²) < 4.78 is 0. The number of hydroxylamine groups is 2. The molecule has 0 saturated carbocycles. The highest BCUT2D eigenvalue weighted by molar-refractivity contribution is 5.94. The first kappa shape index (κ1) is 28.5. The zero-order valence-corrected chi connectivity index (χ0v) is 21.1. The van der Waals surface area contributed by atoms with E-state index < -0.39 is 12.6 Å². The van der Waals surface area contributed by atoms with Crippen molar-refractivity contribution >= 4 is 11.9 Å². The van der Waals surface area contributed by atoms with Gasteiger partial charge >= 0.3 is 5.97 Å². The summed E-state index contributed by atoms with van der Waals surface area (Å²) in [5, 5.41) is 13.6. The minimum Gasteiger partial charge on any atom is -0.479 e. The quantitative estimate of drug-likeness (QED) is 0.195. The number of nitrogens with zero attached hydrogens (tertiary/aromatic N) is 2. The van der Waals surface area contributed by atoms with E-state index in [0.29, 0.717) is 25.2 Å². The summed E-state index contributed by atoms with van der Waals surface area (Å²) in [6, 6.07) is 11.1. The van der Waals surface area contributed by atoms with Crippen molar-refractivity contribution in [1.82, 2.24) is 15.4 Å². The van der Waals surface area contributed by atoms with E-state index >= 15 is 0 Å². The highest BCUT2D eigenvalue weighted by Crippen LogP contribution is 2.13. The fraction of sp³-hybridized carbons (Fsp3) is 0.536. The number of nitrogens with one attached hydrogen (secondary N) is 1. The smallest absolute Gasteiger partial charge is 0.331 e. The summed E-state index contributed by atoms with van der Waals surface area (Å²) in [5.74, 6) is -1.10. The van der Waals surface area contributed by atoms with Crippen molar-refractivity contribution in [3.8, 4) is 0 Å². The number of amides is 1. The molecule has 1 amide bonds. The minimum atomic E-state index is -1.03. The molecule has 0 bridgehead atoms. The molecule has 1 heterocycles. The molecule has 0 fully saturated rings. The average Bonchev–Trinajstić information content (AvgIpc) is 2.86. The van der Waals surface area contributed by atoms with Crippen molar-refractivity contribution in [1.29, 1.82) is 0 Å². The molecule has 192 valence electrons. The number of carboxylic acid groups (broad SMARTS) is 1. The Labute approximate surface area is 209 Å². The maximum Gasteiger partial charge on any atom is 0.331 e. The predicted molar refractivity (Wildman–Crippen MR) is 138 cm³/mol. The molecular weight excluding hydrogens is 442 g/mol. The first-order valence-electron chi connectivity index (χ1n) is 12.9. The molecule has 0 radical (unpaired) electrons. The number of pyridine rings is 1. The molecule has 0 unspecified atom stereocenters. The maximum atomic E-state index is 12.4. The van der Waals surface area contributed by atoms with Crippen LogP contribution >= 0.6 is 0 Å². The van der Waals surface area contributed by atoms with Gasteiger partial charge in [-0.25, -0.2) is 4.79 Å². The molecule has 7 nitrogen and oxygen atoms in total. The van der Waals surface area contributed by atoms with E-state index in [1.54, 1.807) is 29.6 Å². The molecule has 2 rings (SSSR count). The molecule has 1 aromatic heterocycles. The number of rotatable bonds is 19. The second-order valence-electron chi connectivity index (χ2n) is 8.96. The normalized spacial score (nSPS) is 11.0. The molecule has 0 aliphatic rings. The number of hydrogen-bond acceptors (Lipinski definition) is 5. The van der Waals surface area contributed by atoms with Gasteiger partial charge in [-0.1, -0.05) is 82.9 Å². The molecule has 1 aromatic carbocycles. The Bertz CT molecular complexity index is 843. The Morgan fingerprint density at radius 1 is 0.886 bits per heavy atom. The number of unbranched alkanes of at least 4 members (excludes halogenated alkanes) is 9. The van der Waals surface area contributed by atoms with Gasteiger partial charge in [0, 0.05) is 31.0 Å². The van der Waals surface area contributed by atoms with Gasteiger partial charge in [-0.3, -0.25) is 14.6 Å². The van der Waals surface area contributed by atoms with E-state index in [0.717, 1.165) is 24.0 Å². The molecule has 2 N–H and O–H groups in total. The monoisotopic (exact) mass is 483 g/mol. The molecule has 0 spiro atoms. The summed E-state index contributed by atoms with van der Waals surface area (Å²) >= 11 is 0. The van der Waals surface area contributed by atoms with Gasteiger partial charge in [-0.15, -0.1) is 0 Å². The van der Waals surface area contributed by atoms with Crippen LogP contribution in [0.4, 0.5) is 0 Å². The maximum absolute atomic E-state index is 12.4. The fourth-order valence-corrected chi connectivity index (χ4v) is 3.87. The highest BCUT2D eigenvalue weighted by Gasteiger charge is 2.12. The van der Waals surface area contributed by atoms with Crippen LogP contribution in [0.1, 0.15) is 92.6 Å². The lowest BCUT2D eigenvalue weighted by molar-refractivity contribution is -0.190. The van der Waals surface area contributed by atoms with Gasteiger partial charge in [0.1, 0.15) is 0 Å². The number of benzene rings is 1. The van der Waals surface area contributed by atoms with Crippen LogP contribution in [-0.4, -0.2) is 40.2 Å². The second-order valence-corrected chi connectivity index (χ2v) is 8.96. The Morgan fingerprint density at radius 2 is 1.51 bits per heavy atom. The first-order valence-corrected chi connectivity index (χ1v) is 12.9. The van der Waals surface area contributed by atoms with Gasteiger partial charge in [-0.2, -0.15) is 5.06 Å². The van der Waals surface area contributed by atoms with Gasteiger partial charge in [0.25, 0.3) is 5.91 Å². The van der Waals surface area contributed by atoms with Crippen molar-refractivity contribution in [2.75, 3.05) is 13.2 Å². The van der Waals surface area contributed by atoms with Crippen molar-refractivity contribution in [2.24, 2.45) is 0 Å². The van der Waals surface area contributed by atoms with Crippen LogP contribution in [-0.2, 0) is 22.7 Å². The van der Waals surface area contributed by atoms with E-state index in [1.807, 2.05) is 24.3 Å². The Kier molecular flexibility index (Phi) is 14.3. The molecule has 0 saturated heterocycles. The topological polar surface area (TPSA) is 91.8 Å². The van der Waals surface area contributed by atoms with Crippen LogP contribution in [0, 0.1) is 0 Å². The molecule has 2 aromatic rings. The minimum absolute atomic E-state index is 0.0678. The largest absolute Gasteiger partial charge is 0.479 e. The summed E-state index contributed by atoms with van der Waals surface area (Å²) in [6.45, 7) is 3.32. The molecule has 0 aliphatic heterocycles. The first-order chi connectivity index (χ1) is 17.1. The average molecular weight is 484 g/mol. The zero-order valence-electron chi connectivity index (χ0n) is 21.1. The van der Waals surface area contributed by atoms with E-state index in [9.17, 15) is 9.59 Å². The van der Waals surface area contributed by atoms with Crippen molar-refractivity contribution in [3.63, 3.8) is 0 Å². The van der Waals surface area contributed by atoms with E-state index in [1.165, 1.54) is 51.4 Å². The van der Waals surface area contributed by atoms with Gasteiger partial charge in [0.05, 0.1) is 6.54 Å². The van der Waals surface area contributed by atoms with Crippen LogP contribution in [0.25, 0.3) is 0 Å². The van der Waals surface area contributed by atoms with Crippen molar-refractivity contribution in [3.05, 3.63) is 65.5 Å². The lowest BCUT2D eigenvalue weighted by Crippen LogP contribution is -2.26. The van der Waals surface area contributed by atoms with Crippen LogP contribution < -0.4 is 5.32 Å². The van der Waals surface area contributed by atoms with Crippen LogP contribution in [0.5, 0.6) is 0 Å². The number of hydrogen-bond donors (Lipinski definition) is 2. The Balaban J connectivity index is 1.69. The van der Waals surface area contributed by atoms with E-state index in [-0.39, 0.29) is 5.91 Å². The van der Waals surface area contributed by atoms with E-state index in [2.05, 4.69) is 17.2 Å². The van der Waals surface area contributed by atoms with Crippen LogP contribution in [0.2, 0.25) is 0 Å². The van der Waals surface area contributed by atoms with Gasteiger partial charge in [-0.05, 0) is 35.7 Å². The van der Waals surface area contributed by atoms with Crippen molar-refractivity contribution < 1.29 is 19.5 Å². The zero-order chi connectivity index (χ0) is 25.1. The summed E-state index contributed by atoms with van der Waals surface area (Å²) in [7, 11) is 0. The molecule has 35 heavy (non-hydrogen) atoms. The third kappa shape index (κ3) is 13.0. The lowest BCUT2D eigenvalue weighted by atomic mass is 10.1. The van der Waals surface area contributed by atoms with Gasteiger partial charge in [0.15, 0.2) is 6.61 Å². The van der Waals surface area contributed by atoms with Gasteiger partial charge in [0.2, 0.25) is 0 Å². The summed E-state index contributed by atoms with van der Waals surface area (Å²) in [5.41, 5.74) is 2.46. The van der Waals surface area contributed by atoms with E-state index in [4.69, 9.17) is 9.94 Å². The number of carbonyl (C=O) groups is 2. The third-order valence-electron chi connectivity index (χ3n) is 5.84. The van der Waals surface area contributed by atoms with Crippen molar-refractivity contribution in [2.45, 2.75) is 84.2 Å². The number of aliphatic carboxylic acids is 1. The standard InChI is InChI=1S/C28H41N3O4/c1-2-3-4-5-6-7-8-9-10-11-19-30-28(34)26-16-14-24(15-17-26)21-31(35-23-27(32)33)22-25-13-12-18-29-20-25/h12-18,20H,2-11,19,21-23H2,1H3,(H,30,34)(H,32,33). The number of carbonyl (C=O) groups excluding carboxylic acids is 1. The Morgan fingerprint density at radius 3 is 2.11 bits per heavy atom. The van der Waals surface area contributed by atoms with Crippen LogP contribution in [0.3, 0.4) is 0 Å². The highest BCUT2D eigenvalue weighted by atomic mass is 16.7. The second kappa shape index (κ2) is 17.6. The Hall–Kier alpha value is -2.77. The number of aromatic nitrogens is 1. The van der Waals surface area contributed by atoms with Crippen LogP contribution in [0.15, 0.2) is 48.8 Å². The molecule has 0 atom stereocenters. The molecule has 0 aliphatic carbocycles. The lowest BCUT2D eigenvalue weighted by Gasteiger charge is -2.21. The molecular formula is C28H41N3O4. The molecule has 7 heteroatoms. The third-order valence-corrected chi connectivity index (χ3v) is 5.84. The summed E-state index contributed by atoms with van der Waals surface area (Å²) in [4.78, 5) is 32.9. The predicted octanol–water partition coefficient (Wildman–Crippen LogP) is 5.75.